The van der Waals surface area contributed by atoms with E-state index in [1.807, 2.05) is 0 Å². The maximum Gasteiger partial charge on any atom is 0.338 e. The minimum atomic E-state index is -2.11. The number of rotatable bonds is 6. The first kappa shape index (κ1) is 31.8. The van der Waals surface area contributed by atoms with Crippen molar-refractivity contribution in [3.8, 4) is 0 Å². The van der Waals surface area contributed by atoms with Crippen LogP contribution in [0.15, 0.2) is 0 Å². The molecule has 5 N–H and O–H groups in total. The Balaban J connectivity index is 1.12. The number of hydrogen-bond acceptors (Lipinski definition) is 10. The third-order valence-corrected chi connectivity index (χ3v) is 13.6. The first-order chi connectivity index (χ1) is 20.3. The summed E-state index contributed by atoms with van der Waals surface area (Å²) in [6.07, 6.45) is -1.11. The molecule has 0 amide bonds. The van der Waals surface area contributed by atoms with Gasteiger partial charge in [0.2, 0.25) is 0 Å². The zero-order valence-corrected chi connectivity index (χ0v) is 26.0. The van der Waals surface area contributed by atoms with Crippen LogP contribution in [0.2, 0.25) is 0 Å². The van der Waals surface area contributed by atoms with Crippen LogP contribution in [-0.4, -0.2) is 92.9 Å². The van der Waals surface area contributed by atoms with Gasteiger partial charge in [0.25, 0.3) is 0 Å². The zero-order valence-electron chi connectivity index (χ0n) is 26.0. The second-order valence-corrected chi connectivity index (χ2v) is 15.7. The minimum absolute atomic E-state index is 0.0209. The molecule has 6 fully saturated rings. The van der Waals surface area contributed by atoms with Gasteiger partial charge >= 0.3 is 5.97 Å². The molecule has 0 aromatic heterocycles. The highest BCUT2D eigenvalue weighted by atomic mass is 16.7. The Labute approximate surface area is 254 Å². The van der Waals surface area contributed by atoms with E-state index in [1.54, 1.807) is 0 Å². The number of hydrogen-bond donors (Lipinski definition) is 5. The molecular weight excluding hydrogens is 556 g/mol. The van der Waals surface area contributed by atoms with Crippen molar-refractivity contribution >= 4 is 12.3 Å². The molecule has 2 aliphatic heterocycles. The number of aliphatic hydroxyl groups is 5. The lowest BCUT2D eigenvalue weighted by molar-refractivity contribution is -0.273. The van der Waals surface area contributed by atoms with E-state index >= 15 is 0 Å². The number of carbonyl (C=O) groups is 2. The second-order valence-electron chi connectivity index (χ2n) is 15.7. The molecule has 6 rings (SSSR count). The van der Waals surface area contributed by atoms with Gasteiger partial charge in [0, 0.05) is 12.3 Å². The molecule has 0 aromatic rings. The second kappa shape index (κ2) is 11.3. The van der Waals surface area contributed by atoms with E-state index < -0.39 is 48.4 Å². The molecule has 1 spiro atoms. The Morgan fingerprint density at radius 2 is 1.63 bits per heavy atom. The summed E-state index contributed by atoms with van der Waals surface area (Å²) in [5.74, 6) is 1.09. The highest BCUT2D eigenvalue weighted by molar-refractivity contribution is 5.75. The fourth-order valence-electron chi connectivity index (χ4n) is 11.2. The average molecular weight is 609 g/mol. The standard InChI is InChI=1S/C33H52O10/c1-16-5-10-33(41-15-16)17(2)26-25(43-33)13-21-19-12-23(35)22-11-18(6-8-31(22,3)20(19)7-9-32(21,26)4)42-30(40)29(39)28(38)27(37)24(36)14-34/h14,16-29,35-39H,5-13,15H2,1-4H3/t16-,17+,18+,19-,20+,21+,22-,23+,24+,25+,26+,27-,28+,29+,31-,32+,33-/m1/s1. The van der Waals surface area contributed by atoms with Crippen molar-refractivity contribution in [2.45, 2.75) is 134 Å². The van der Waals surface area contributed by atoms with Crippen LogP contribution in [0.3, 0.4) is 0 Å². The topological polar surface area (TPSA) is 163 Å². The molecule has 0 radical (unpaired) electrons. The lowest BCUT2D eigenvalue weighted by Crippen LogP contribution is -2.59. The van der Waals surface area contributed by atoms with Crippen LogP contribution in [0.4, 0.5) is 0 Å². The zero-order chi connectivity index (χ0) is 31.1. The van der Waals surface area contributed by atoms with E-state index in [2.05, 4.69) is 27.7 Å². The molecule has 2 heterocycles. The molecule has 244 valence electrons. The van der Waals surface area contributed by atoms with Gasteiger partial charge in [-0.1, -0.05) is 27.7 Å². The summed E-state index contributed by atoms with van der Waals surface area (Å²) in [6.45, 7) is 10.1. The Bertz CT molecular complexity index is 1060. The molecule has 2 saturated heterocycles. The Hall–Kier alpha value is -1.14. The third-order valence-electron chi connectivity index (χ3n) is 13.6. The average Bonchev–Trinajstić information content (AvgIpc) is 3.43. The van der Waals surface area contributed by atoms with Gasteiger partial charge in [0.1, 0.15) is 24.4 Å². The predicted molar refractivity (Wildman–Crippen MR) is 153 cm³/mol. The summed E-state index contributed by atoms with van der Waals surface area (Å²) in [5, 5.41) is 51.2. The monoisotopic (exact) mass is 608 g/mol. The Morgan fingerprint density at radius 3 is 2.30 bits per heavy atom. The number of esters is 1. The molecule has 17 atom stereocenters. The van der Waals surface area contributed by atoms with Crippen molar-refractivity contribution in [2.24, 2.45) is 52.3 Å². The molecule has 4 saturated carbocycles. The van der Waals surface area contributed by atoms with Crippen molar-refractivity contribution in [3.63, 3.8) is 0 Å². The summed E-state index contributed by atoms with van der Waals surface area (Å²) in [6, 6.07) is 0. The van der Waals surface area contributed by atoms with Gasteiger partial charge in [-0.15, -0.1) is 0 Å². The Morgan fingerprint density at radius 1 is 0.907 bits per heavy atom. The maximum absolute atomic E-state index is 12.6. The van der Waals surface area contributed by atoms with Gasteiger partial charge in [0.05, 0.1) is 18.8 Å². The van der Waals surface area contributed by atoms with Crippen LogP contribution >= 0.6 is 0 Å². The highest BCUT2D eigenvalue weighted by Gasteiger charge is 2.69. The maximum atomic E-state index is 12.6. The number of ether oxygens (including phenoxy) is 3. The van der Waals surface area contributed by atoms with Crippen molar-refractivity contribution in [1.82, 2.24) is 0 Å². The molecule has 0 unspecified atom stereocenters. The SMILES string of the molecule is C[C@@H]1CC[C@@]2(OC1)O[C@H]1C[C@H]3[C@@H]4C[C@H](O)[C@H]5C[C@@H](OC(=O)[C@@H](O)[C@@H](O)[C@H](O)[C@@H](O)C=O)CC[C@]5(C)[C@H]4CC[C@]3(C)[C@H]1[C@@H]2C. The van der Waals surface area contributed by atoms with Crippen LogP contribution < -0.4 is 0 Å². The van der Waals surface area contributed by atoms with Crippen LogP contribution in [0.5, 0.6) is 0 Å². The van der Waals surface area contributed by atoms with E-state index in [-0.39, 0.29) is 29.1 Å². The quantitative estimate of drug-likeness (QED) is 0.223. The predicted octanol–water partition coefficient (Wildman–Crippen LogP) is 1.96. The lowest BCUT2D eigenvalue weighted by atomic mass is 9.43. The molecule has 10 nitrogen and oxygen atoms in total. The van der Waals surface area contributed by atoms with Crippen LogP contribution in [0.25, 0.3) is 0 Å². The van der Waals surface area contributed by atoms with Crippen LogP contribution in [0, 0.1) is 52.3 Å². The van der Waals surface area contributed by atoms with Crippen molar-refractivity contribution < 1.29 is 49.3 Å². The highest BCUT2D eigenvalue weighted by Crippen LogP contribution is 2.71. The minimum Gasteiger partial charge on any atom is -0.460 e. The van der Waals surface area contributed by atoms with Gasteiger partial charge < -0.3 is 44.5 Å². The summed E-state index contributed by atoms with van der Waals surface area (Å²) in [5.41, 5.74) is 0.0404. The fourth-order valence-corrected chi connectivity index (χ4v) is 11.2. The van der Waals surface area contributed by atoms with Gasteiger partial charge in [-0.2, -0.15) is 0 Å². The molecule has 0 aromatic carbocycles. The molecular formula is C33H52O10. The molecule has 0 bridgehead atoms. The normalized spacial score (nSPS) is 51.7. The molecule has 4 aliphatic carbocycles. The Kier molecular flexibility index (Phi) is 8.35. The third kappa shape index (κ3) is 4.93. The van der Waals surface area contributed by atoms with Gasteiger partial charge in [-0.3, -0.25) is 0 Å². The first-order valence-electron chi connectivity index (χ1n) is 16.6. The number of fused-ring (bicyclic) bond motifs is 7. The fraction of sp³-hybridized carbons (Fsp3) is 0.939. The van der Waals surface area contributed by atoms with Gasteiger partial charge in [0.15, 0.2) is 18.2 Å². The van der Waals surface area contributed by atoms with E-state index in [9.17, 15) is 35.1 Å². The van der Waals surface area contributed by atoms with E-state index in [0.717, 1.165) is 51.6 Å². The number of aliphatic hydroxyl groups excluding tert-OH is 5. The molecule has 10 heteroatoms. The molecule has 43 heavy (non-hydrogen) atoms. The first-order valence-corrected chi connectivity index (χ1v) is 16.6. The van der Waals surface area contributed by atoms with Crippen molar-refractivity contribution in [3.05, 3.63) is 0 Å². The number of carbonyl (C=O) groups excluding carboxylic acids is 2. The van der Waals surface area contributed by atoms with Crippen molar-refractivity contribution in [2.75, 3.05) is 6.61 Å². The van der Waals surface area contributed by atoms with Crippen LogP contribution in [0.1, 0.15) is 85.5 Å². The largest absolute Gasteiger partial charge is 0.460 e. The van der Waals surface area contributed by atoms with Crippen LogP contribution in [-0.2, 0) is 23.8 Å². The van der Waals surface area contributed by atoms with E-state index in [4.69, 9.17) is 14.2 Å². The number of aldehydes is 1. The smallest absolute Gasteiger partial charge is 0.338 e. The molecule has 6 aliphatic rings. The summed E-state index contributed by atoms with van der Waals surface area (Å²) < 4.78 is 18.9. The van der Waals surface area contributed by atoms with E-state index in [0.29, 0.717) is 48.3 Å². The van der Waals surface area contributed by atoms with E-state index in [1.165, 1.54) is 0 Å². The summed E-state index contributed by atoms with van der Waals surface area (Å²) in [4.78, 5) is 23.4. The summed E-state index contributed by atoms with van der Waals surface area (Å²) in [7, 11) is 0. The van der Waals surface area contributed by atoms with Gasteiger partial charge in [-0.05, 0) is 97.7 Å². The van der Waals surface area contributed by atoms with Gasteiger partial charge in [-0.25, -0.2) is 4.79 Å². The van der Waals surface area contributed by atoms with Crippen molar-refractivity contribution in [1.29, 1.82) is 0 Å². The summed E-state index contributed by atoms with van der Waals surface area (Å²) >= 11 is 0. The lowest BCUT2D eigenvalue weighted by Gasteiger charge is -2.62.